The van der Waals surface area contributed by atoms with Gasteiger partial charge in [0, 0.05) is 12.7 Å². The molecule has 0 amide bonds. The van der Waals surface area contributed by atoms with Gasteiger partial charge in [0.2, 0.25) is 0 Å². The van der Waals surface area contributed by atoms with E-state index < -0.39 is 0 Å². The maximum atomic E-state index is 12.0. The number of hydrogen-bond acceptors (Lipinski definition) is 3. The monoisotopic (exact) mass is 202 g/mol. The summed E-state index contributed by atoms with van der Waals surface area (Å²) in [5.74, 6) is 0.152. The molecular formula is C12H14N2O. The summed E-state index contributed by atoms with van der Waals surface area (Å²) in [7, 11) is 0. The third-order valence-corrected chi connectivity index (χ3v) is 3.55. The van der Waals surface area contributed by atoms with Gasteiger partial charge < -0.3 is 5.32 Å². The van der Waals surface area contributed by atoms with E-state index in [0.29, 0.717) is 11.1 Å². The van der Waals surface area contributed by atoms with Crippen molar-refractivity contribution in [1.29, 1.82) is 0 Å². The van der Waals surface area contributed by atoms with Crippen molar-refractivity contribution in [3.05, 3.63) is 30.1 Å². The predicted octanol–water partition coefficient (Wildman–Crippen LogP) is 1.41. The standard InChI is InChI=1S/C12H14N2O/c15-11(9-3-1-2-6-13-9)10-7-12(4-5-12)8-14-10/h1-3,6,10,14H,4-5,7-8H2/t10-/m0/s1. The first-order valence-electron chi connectivity index (χ1n) is 5.48. The van der Waals surface area contributed by atoms with E-state index in [1.807, 2.05) is 12.1 Å². The van der Waals surface area contributed by atoms with Crippen molar-refractivity contribution in [3.63, 3.8) is 0 Å². The molecule has 0 unspecified atom stereocenters. The maximum absolute atomic E-state index is 12.0. The first-order valence-corrected chi connectivity index (χ1v) is 5.48. The molecule has 1 saturated heterocycles. The van der Waals surface area contributed by atoms with Crippen molar-refractivity contribution >= 4 is 5.78 Å². The third kappa shape index (κ3) is 1.57. The number of Topliss-reactive ketones (excluding diaryl/α,β-unsaturated/α-hetero) is 1. The van der Waals surface area contributed by atoms with Gasteiger partial charge in [0.1, 0.15) is 5.69 Å². The summed E-state index contributed by atoms with van der Waals surface area (Å²) in [6.07, 6.45) is 5.25. The highest BCUT2D eigenvalue weighted by atomic mass is 16.1. The predicted molar refractivity (Wildman–Crippen MR) is 56.6 cm³/mol. The second-order valence-corrected chi connectivity index (χ2v) is 4.72. The van der Waals surface area contributed by atoms with Crippen LogP contribution in [0.25, 0.3) is 0 Å². The Balaban J connectivity index is 1.76. The Morgan fingerprint density at radius 1 is 1.47 bits per heavy atom. The summed E-state index contributed by atoms with van der Waals surface area (Å²) in [5.41, 5.74) is 1.06. The quantitative estimate of drug-likeness (QED) is 0.737. The lowest BCUT2D eigenvalue weighted by Crippen LogP contribution is -2.31. The van der Waals surface area contributed by atoms with Crippen molar-refractivity contribution in [3.8, 4) is 0 Å². The number of nitrogens with one attached hydrogen (secondary N) is 1. The highest BCUT2D eigenvalue weighted by molar-refractivity contribution is 5.98. The van der Waals surface area contributed by atoms with Gasteiger partial charge in [-0.1, -0.05) is 6.07 Å². The van der Waals surface area contributed by atoms with E-state index in [1.165, 1.54) is 12.8 Å². The van der Waals surface area contributed by atoms with E-state index in [0.717, 1.165) is 13.0 Å². The van der Waals surface area contributed by atoms with Crippen LogP contribution < -0.4 is 5.32 Å². The van der Waals surface area contributed by atoms with Gasteiger partial charge in [0.05, 0.1) is 6.04 Å². The first-order chi connectivity index (χ1) is 7.29. The minimum Gasteiger partial charge on any atom is -0.307 e. The van der Waals surface area contributed by atoms with Crippen LogP contribution >= 0.6 is 0 Å². The lowest BCUT2D eigenvalue weighted by molar-refractivity contribution is 0.0945. The maximum Gasteiger partial charge on any atom is 0.198 e. The van der Waals surface area contributed by atoms with Crippen LogP contribution in [0.4, 0.5) is 0 Å². The molecule has 1 aromatic rings. The first kappa shape index (κ1) is 9.04. The molecule has 0 radical (unpaired) electrons. The van der Waals surface area contributed by atoms with Gasteiger partial charge in [-0.25, -0.2) is 0 Å². The zero-order chi connectivity index (χ0) is 10.3. The number of aromatic nitrogens is 1. The van der Waals surface area contributed by atoms with E-state index in [-0.39, 0.29) is 11.8 Å². The zero-order valence-electron chi connectivity index (χ0n) is 8.57. The molecule has 3 heteroatoms. The topological polar surface area (TPSA) is 42.0 Å². The van der Waals surface area contributed by atoms with Crippen molar-refractivity contribution in [1.82, 2.24) is 10.3 Å². The molecule has 1 aliphatic carbocycles. The van der Waals surface area contributed by atoms with E-state index in [4.69, 9.17) is 0 Å². The smallest absolute Gasteiger partial charge is 0.198 e. The largest absolute Gasteiger partial charge is 0.307 e. The fraction of sp³-hybridized carbons (Fsp3) is 0.500. The van der Waals surface area contributed by atoms with Crippen LogP contribution in [0.2, 0.25) is 0 Å². The van der Waals surface area contributed by atoms with Crippen molar-refractivity contribution < 1.29 is 4.79 Å². The van der Waals surface area contributed by atoms with E-state index >= 15 is 0 Å². The Kier molecular flexibility index (Phi) is 1.89. The molecule has 2 aliphatic rings. The average Bonchev–Trinajstić information content (AvgIpc) is 2.90. The van der Waals surface area contributed by atoms with Crippen LogP contribution in [-0.2, 0) is 0 Å². The van der Waals surface area contributed by atoms with Gasteiger partial charge in [0.25, 0.3) is 0 Å². The number of carbonyl (C=O) groups excluding carboxylic acids is 1. The molecule has 78 valence electrons. The van der Waals surface area contributed by atoms with Gasteiger partial charge in [0.15, 0.2) is 5.78 Å². The summed E-state index contributed by atoms with van der Waals surface area (Å²) >= 11 is 0. The van der Waals surface area contributed by atoms with Crippen molar-refractivity contribution in [2.24, 2.45) is 5.41 Å². The van der Waals surface area contributed by atoms with Crippen LogP contribution in [0.5, 0.6) is 0 Å². The number of nitrogens with zero attached hydrogens (tertiary/aromatic N) is 1. The SMILES string of the molecule is O=C(c1ccccn1)[C@@H]1CC2(CC2)CN1. The lowest BCUT2D eigenvalue weighted by atomic mass is 9.99. The number of carbonyl (C=O) groups is 1. The molecule has 1 aromatic heterocycles. The van der Waals surface area contributed by atoms with Gasteiger partial charge in [-0.05, 0) is 36.8 Å². The van der Waals surface area contributed by atoms with Crippen LogP contribution in [0, 0.1) is 5.41 Å². The van der Waals surface area contributed by atoms with Gasteiger partial charge in [-0.2, -0.15) is 0 Å². The molecule has 1 N–H and O–H groups in total. The molecule has 2 heterocycles. The molecular weight excluding hydrogens is 188 g/mol. The van der Waals surface area contributed by atoms with E-state index in [1.54, 1.807) is 12.3 Å². The fourth-order valence-electron chi connectivity index (χ4n) is 2.35. The van der Waals surface area contributed by atoms with Crippen LogP contribution in [0.3, 0.4) is 0 Å². The molecule has 2 fully saturated rings. The summed E-state index contributed by atoms with van der Waals surface area (Å²) in [4.78, 5) is 16.1. The zero-order valence-corrected chi connectivity index (χ0v) is 8.57. The summed E-state index contributed by atoms with van der Waals surface area (Å²) < 4.78 is 0. The number of rotatable bonds is 2. The van der Waals surface area contributed by atoms with Crippen molar-refractivity contribution in [2.45, 2.75) is 25.3 Å². The number of ketones is 1. The second kappa shape index (κ2) is 3.14. The minimum absolute atomic E-state index is 0.00222. The van der Waals surface area contributed by atoms with E-state index in [2.05, 4.69) is 10.3 Å². The Hall–Kier alpha value is -1.22. The third-order valence-electron chi connectivity index (χ3n) is 3.55. The second-order valence-electron chi connectivity index (χ2n) is 4.72. The molecule has 0 aromatic carbocycles. The Bertz CT molecular complexity index is 384. The summed E-state index contributed by atoms with van der Waals surface area (Å²) in [6.45, 7) is 1.01. The van der Waals surface area contributed by atoms with Gasteiger partial charge >= 0.3 is 0 Å². The molecule has 3 rings (SSSR count). The summed E-state index contributed by atoms with van der Waals surface area (Å²) in [6, 6.07) is 5.49. The Labute approximate surface area is 88.9 Å². The molecule has 3 nitrogen and oxygen atoms in total. The average molecular weight is 202 g/mol. The Morgan fingerprint density at radius 3 is 2.93 bits per heavy atom. The van der Waals surface area contributed by atoms with Crippen molar-refractivity contribution in [2.75, 3.05) is 6.54 Å². The van der Waals surface area contributed by atoms with Gasteiger partial charge in [-0.15, -0.1) is 0 Å². The fourth-order valence-corrected chi connectivity index (χ4v) is 2.35. The highest BCUT2D eigenvalue weighted by Gasteiger charge is 2.49. The molecule has 1 saturated carbocycles. The lowest BCUT2D eigenvalue weighted by Gasteiger charge is -2.07. The number of pyridine rings is 1. The molecule has 1 spiro atoms. The molecule has 1 atom stereocenters. The summed E-state index contributed by atoms with van der Waals surface area (Å²) in [5, 5.41) is 3.32. The highest BCUT2D eigenvalue weighted by Crippen LogP contribution is 2.52. The van der Waals surface area contributed by atoms with Crippen LogP contribution in [0.15, 0.2) is 24.4 Å². The van der Waals surface area contributed by atoms with Gasteiger partial charge in [-0.3, -0.25) is 9.78 Å². The van der Waals surface area contributed by atoms with Crippen LogP contribution in [0.1, 0.15) is 29.8 Å². The molecule has 1 aliphatic heterocycles. The molecule has 15 heavy (non-hydrogen) atoms. The minimum atomic E-state index is 0.00222. The van der Waals surface area contributed by atoms with Crippen LogP contribution in [-0.4, -0.2) is 23.4 Å². The number of hydrogen-bond donors (Lipinski definition) is 1. The Morgan fingerprint density at radius 2 is 2.33 bits per heavy atom. The molecule has 0 bridgehead atoms. The van der Waals surface area contributed by atoms with E-state index in [9.17, 15) is 4.79 Å². The normalized spacial score (nSPS) is 26.8.